The number of para-hydroxylation sites is 1. The molecule has 1 aliphatic carbocycles. The predicted molar refractivity (Wildman–Crippen MR) is 121 cm³/mol. The zero-order valence-corrected chi connectivity index (χ0v) is 18.6. The number of benzene rings is 1. The molecule has 0 atom stereocenters. The van der Waals surface area contributed by atoms with E-state index >= 15 is 0 Å². The minimum Gasteiger partial charge on any atom is -0.357 e. The Kier molecular flexibility index (Phi) is 6.44. The number of hydrogen-bond donors (Lipinski definition) is 1. The molecule has 4 rings (SSSR count). The summed E-state index contributed by atoms with van der Waals surface area (Å²) in [4.78, 5) is 7.43. The van der Waals surface area contributed by atoms with Gasteiger partial charge in [0.25, 0.3) is 0 Å². The van der Waals surface area contributed by atoms with E-state index in [0.29, 0.717) is 12.0 Å². The smallest absolute Gasteiger partial charge is 0.194 e. The van der Waals surface area contributed by atoms with Gasteiger partial charge in [0.15, 0.2) is 5.96 Å². The third-order valence-electron chi connectivity index (χ3n) is 5.85. The van der Waals surface area contributed by atoms with Crippen molar-refractivity contribution in [1.29, 1.82) is 0 Å². The number of halogens is 1. The van der Waals surface area contributed by atoms with Gasteiger partial charge in [-0.25, -0.2) is 9.67 Å². The molecule has 6 heteroatoms. The first-order chi connectivity index (χ1) is 12.7. The van der Waals surface area contributed by atoms with E-state index in [4.69, 9.17) is 4.99 Å². The van der Waals surface area contributed by atoms with Gasteiger partial charge >= 0.3 is 0 Å². The number of likely N-dealkylation sites (tertiary alicyclic amines) is 1. The lowest BCUT2D eigenvalue weighted by atomic mass is 9.68. The minimum atomic E-state index is 0. The fourth-order valence-corrected chi connectivity index (χ4v) is 4.20. The minimum absolute atomic E-state index is 0. The largest absolute Gasteiger partial charge is 0.357 e. The predicted octanol–water partition coefficient (Wildman–Crippen LogP) is 4.14. The molecule has 146 valence electrons. The fourth-order valence-electron chi connectivity index (χ4n) is 4.20. The monoisotopic (exact) mass is 479 g/mol. The van der Waals surface area contributed by atoms with Crippen LogP contribution in [0, 0.1) is 12.3 Å². The van der Waals surface area contributed by atoms with Crippen LogP contribution in [0.2, 0.25) is 0 Å². The maximum Gasteiger partial charge on any atom is 0.194 e. The highest BCUT2D eigenvalue weighted by Crippen LogP contribution is 2.47. The first kappa shape index (κ1) is 20.2. The molecular weight excluding hydrogens is 449 g/mol. The van der Waals surface area contributed by atoms with E-state index in [1.807, 2.05) is 23.9 Å². The van der Waals surface area contributed by atoms with Crippen molar-refractivity contribution in [3.05, 3.63) is 47.8 Å². The van der Waals surface area contributed by atoms with Crippen molar-refractivity contribution in [2.45, 2.75) is 46.1 Å². The highest BCUT2D eigenvalue weighted by atomic mass is 127. The van der Waals surface area contributed by atoms with Crippen molar-refractivity contribution < 1.29 is 0 Å². The van der Waals surface area contributed by atoms with E-state index in [9.17, 15) is 0 Å². The Morgan fingerprint density at radius 2 is 2.04 bits per heavy atom. The summed E-state index contributed by atoms with van der Waals surface area (Å²) in [5.41, 5.74) is 3.92. The average Bonchev–Trinajstić information content (AvgIpc) is 3.25. The summed E-state index contributed by atoms with van der Waals surface area (Å²) in [6.45, 7) is 8.03. The molecule has 1 saturated heterocycles. The molecule has 27 heavy (non-hydrogen) atoms. The van der Waals surface area contributed by atoms with Gasteiger partial charge in [0.05, 0.1) is 17.9 Å². The molecule has 0 amide bonds. The van der Waals surface area contributed by atoms with Gasteiger partial charge in [-0.15, -0.1) is 24.0 Å². The number of nitrogens with zero attached hydrogens (tertiary/aromatic N) is 4. The van der Waals surface area contributed by atoms with Crippen LogP contribution in [0.5, 0.6) is 0 Å². The molecule has 0 bridgehead atoms. The number of aliphatic imine (C=N–C) groups is 1. The van der Waals surface area contributed by atoms with E-state index in [-0.39, 0.29) is 24.0 Å². The van der Waals surface area contributed by atoms with Gasteiger partial charge in [-0.3, -0.25) is 0 Å². The van der Waals surface area contributed by atoms with Gasteiger partial charge in [0.2, 0.25) is 0 Å². The second kappa shape index (κ2) is 8.63. The first-order valence-corrected chi connectivity index (χ1v) is 9.83. The molecule has 2 aliphatic rings. The van der Waals surface area contributed by atoms with Crippen LogP contribution < -0.4 is 5.32 Å². The van der Waals surface area contributed by atoms with Crippen molar-refractivity contribution in [2.24, 2.45) is 10.4 Å². The van der Waals surface area contributed by atoms with Crippen molar-refractivity contribution in [2.75, 3.05) is 19.6 Å². The highest BCUT2D eigenvalue weighted by Gasteiger charge is 2.43. The fraction of sp³-hybridized carbons (Fsp3) is 0.524. The maximum absolute atomic E-state index is 4.97. The number of aromatic nitrogens is 2. The third-order valence-corrected chi connectivity index (χ3v) is 5.85. The van der Waals surface area contributed by atoms with Crippen LogP contribution >= 0.6 is 24.0 Å². The van der Waals surface area contributed by atoms with E-state index in [1.165, 1.54) is 37.8 Å². The first-order valence-electron chi connectivity index (χ1n) is 9.83. The number of hydrogen-bond acceptors (Lipinski definition) is 2. The van der Waals surface area contributed by atoms with Crippen molar-refractivity contribution in [3.8, 4) is 5.69 Å². The Hall–Kier alpha value is -1.57. The number of guanidine groups is 1. The van der Waals surface area contributed by atoms with E-state index < -0.39 is 0 Å². The quantitative estimate of drug-likeness (QED) is 0.408. The number of rotatable bonds is 4. The van der Waals surface area contributed by atoms with Crippen LogP contribution in [0.1, 0.15) is 43.9 Å². The number of aryl methyl sites for hydroxylation is 1. The van der Waals surface area contributed by atoms with Crippen LogP contribution in [0.4, 0.5) is 0 Å². The topological polar surface area (TPSA) is 45.5 Å². The molecular formula is C21H30IN5. The van der Waals surface area contributed by atoms with Crippen LogP contribution in [0.25, 0.3) is 5.69 Å². The molecule has 0 unspecified atom stereocenters. The zero-order valence-electron chi connectivity index (χ0n) is 16.3. The Labute approximate surface area is 179 Å². The molecule has 1 aliphatic heterocycles. The normalized spacial score (nSPS) is 18.3. The lowest BCUT2D eigenvalue weighted by molar-refractivity contribution is 0.151. The van der Waals surface area contributed by atoms with Crippen molar-refractivity contribution in [3.63, 3.8) is 0 Å². The summed E-state index contributed by atoms with van der Waals surface area (Å²) in [6.07, 6.45) is 7.53. The van der Waals surface area contributed by atoms with Gasteiger partial charge in [0.1, 0.15) is 0 Å². The molecule has 1 spiro atoms. The Morgan fingerprint density at radius 1 is 1.22 bits per heavy atom. The summed E-state index contributed by atoms with van der Waals surface area (Å²) >= 11 is 0. The standard InChI is InChI=1S/C21H29N5.HI/c1-3-22-20(25-14-12-21(16-25)10-6-11-21)23-15-18-7-4-5-8-19(18)26-13-9-17(2)24-26;/h4-5,7-9,13H,3,6,10-12,14-16H2,1-2H3,(H,22,23);1H. The summed E-state index contributed by atoms with van der Waals surface area (Å²) in [5, 5.41) is 8.06. The Bertz CT molecular complexity index is 793. The number of nitrogens with one attached hydrogen (secondary N) is 1. The molecule has 1 N–H and O–H groups in total. The summed E-state index contributed by atoms with van der Waals surface area (Å²) < 4.78 is 1.95. The van der Waals surface area contributed by atoms with Gasteiger partial charge < -0.3 is 10.2 Å². The van der Waals surface area contributed by atoms with E-state index in [0.717, 1.165) is 30.4 Å². The third kappa shape index (κ3) is 4.31. The molecule has 1 aromatic carbocycles. The SMILES string of the molecule is CCNC(=NCc1ccccc1-n1ccc(C)n1)N1CCC2(CCC2)C1.I. The van der Waals surface area contributed by atoms with Crippen molar-refractivity contribution >= 4 is 29.9 Å². The molecule has 1 saturated carbocycles. The van der Waals surface area contributed by atoms with Crippen molar-refractivity contribution in [1.82, 2.24) is 20.0 Å². The highest BCUT2D eigenvalue weighted by molar-refractivity contribution is 14.0. The van der Waals surface area contributed by atoms with Gasteiger partial charge in [0, 0.05) is 25.8 Å². The summed E-state index contributed by atoms with van der Waals surface area (Å²) in [6, 6.07) is 10.4. The maximum atomic E-state index is 4.97. The molecule has 5 nitrogen and oxygen atoms in total. The van der Waals surface area contributed by atoms with Crippen LogP contribution in [-0.2, 0) is 6.54 Å². The van der Waals surface area contributed by atoms with Crippen LogP contribution in [-0.4, -0.2) is 40.3 Å². The van der Waals surface area contributed by atoms with Gasteiger partial charge in [-0.05, 0) is 56.2 Å². The van der Waals surface area contributed by atoms with Gasteiger partial charge in [-0.2, -0.15) is 5.10 Å². The zero-order chi connectivity index (χ0) is 18.0. The molecule has 2 aromatic rings. The summed E-state index contributed by atoms with van der Waals surface area (Å²) in [7, 11) is 0. The van der Waals surface area contributed by atoms with Gasteiger partial charge in [-0.1, -0.05) is 24.6 Å². The molecule has 2 fully saturated rings. The molecule has 0 radical (unpaired) electrons. The lowest BCUT2D eigenvalue weighted by Gasteiger charge is -2.38. The van der Waals surface area contributed by atoms with E-state index in [2.05, 4.69) is 46.5 Å². The second-order valence-corrected chi connectivity index (χ2v) is 7.73. The molecule has 2 heterocycles. The molecule has 1 aromatic heterocycles. The van der Waals surface area contributed by atoms with Crippen LogP contribution in [0.3, 0.4) is 0 Å². The second-order valence-electron chi connectivity index (χ2n) is 7.73. The average molecular weight is 479 g/mol. The lowest BCUT2D eigenvalue weighted by Crippen LogP contribution is -2.42. The summed E-state index contributed by atoms with van der Waals surface area (Å²) in [5.74, 6) is 1.06. The Balaban J connectivity index is 0.00000210. The Morgan fingerprint density at radius 3 is 2.67 bits per heavy atom. The van der Waals surface area contributed by atoms with Crippen LogP contribution in [0.15, 0.2) is 41.5 Å². The van der Waals surface area contributed by atoms with E-state index in [1.54, 1.807) is 0 Å².